The zero-order valence-corrected chi connectivity index (χ0v) is 11.4. The predicted molar refractivity (Wildman–Crippen MR) is 83.4 cm³/mol. The van der Waals surface area contributed by atoms with E-state index >= 15 is 0 Å². The number of pyridine rings is 1. The highest BCUT2D eigenvalue weighted by atomic mass is 14.7. The van der Waals surface area contributed by atoms with Crippen LogP contribution >= 0.6 is 0 Å². The van der Waals surface area contributed by atoms with Crippen molar-refractivity contribution < 1.29 is 0 Å². The second kappa shape index (κ2) is 5.85. The smallest absolute Gasteiger partial charge is 0.0705 e. The summed E-state index contributed by atoms with van der Waals surface area (Å²) in [4.78, 5) is 4.39. The molecule has 1 heterocycles. The molecule has 0 aliphatic heterocycles. The highest BCUT2D eigenvalue weighted by Crippen LogP contribution is 2.21. The Morgan fingerprint density at radius 1 is 0.950 bits per heavy atom. The molecule has 2 heteroatoms. The Labute approximate surface area is 119 Å². The first-order chi connectivity index (χ1) is 9.83. The number of benzene rings is 2. The van der Waals surface area contributed by atoms with E-state index in [1.807, 2.05) is 18.3 Å². The van der Waals surface area contributed by atoms with Crippen molar-refractivity contribution in [3.8, 4) is 0 Å². The lowest BCUT2D eigenvalue weighted by Crippen LogP contribution is -2.11. The summed E-state index contributed by atoms with van der Waals surface area (Å²) in [6.45, 7) is 0. The summed E-state index contributed by atoms with van der Waals surface area (Å²) >= 11 is 0. The van der Waals surface area contributed by atoms with E-state index in [0.29, 0.717) is 0 Å². The van der Waals surface area contributed by atoms with Gasteiger partial charge in [0, 0.05) is 17.6 Å². The van der Waals surface area contributed by atoms with Crippen LogP contribution in [0.5, 0.6) is 0 Å². The summed E-state index contributed by atoms with van der Waals surface area (Å²) < 4.78 is 0. The molecule has 0 aliphatic carbocycles. The Morgan fingerprint density at radius 2 is 1.80 bits per heavy atom. The Hall–Kier alpha value is -2.19. The molecule has 2 aromatic carbocycles. The molecular weight excluding hydrogens is 244 g/mol. The second-order valence-corrected chi connectivity index (χ2v) is 5.09. The zero-order valence-electron chi connectivity index (χ0n) is 11.4. The fourth-order valence-corrected chi connectivity index (χ4v) is 2.45. The number of nitrogens with zero attached hydrogens (tertiary/aromatic N) is 1. The monoisotopic (exact) mass is 262 g/mol. The molecule has 1 unspecified atom stereocenters. The number of hydrogen-bond donors (Lipinski definition) is 1. The Balaban J connectivity index is 1.73. The third-order valence-corrected chi connectivity index (χ3v) is 3.64. The van der Waals surface area contributed by atoms with E-state index in [-0.39, 0.29) is 6.04 Å². The maximum atomic E-state index is 6.31. The lowest BCUT2D eigenvalue weighted by atomic mass is 9.99. The fraction of sp³-hybridized carbons (Fsp3) is 0.167. The molecule has 0 aliphatic rings. The minimum Gasteiger partial charge on any atom is -0.324 e. The van der Waals surface area contributed by atoms with Crippen molar-refractivity contribution in [2.75, 3.05) is 0 Å². The number of hydrogen-bond acceptors (Lipinski definition) is 2. The van der Waals surface area contributed by atoms with E-state index in [0.717, 1.165) is 29.3 Å². The second-order valence-electron chi connectivity index (χ2n) is 5.09. The standard InChI is InChI=1S/C18H18N2/c19-17(11-8-14-5-2-1-3-6-14)16-10-9-15-7-4-12-20-18(15)13-16/h1-7,9-10,12-13,17H,8,11,19H2. The first-order valence-electron chi connectivity index (χ1n) is 6.97. The third-order valence-electron chi connectivity index (χ3n) is 3.64. The van der Waals surface area contributed by atoms with Crippen molar-refractivity contribution >= 4 is 10.9 Å². The molecule has 20 heavy (non-hydrogen) atoms. The van der Waals surface area contributed by atoms with E-state index in [1.54, 1.807) is 0 Å². The maximum Gasteiger partial charge on any atom is 0.0705 e. The minimum atomic E-state index is 0.0570. The van der Waals surface area contributed by atoms with Gasteiger partial charge in [-0.3, -0.25) is 4.98 Å². The molecule has 3 rings (SSSR count). The quantitative estimate of drug-likeness (QED) is 0.775. The SMILES string of the molecule is NC(CCc1ccccc1)c1ccc2cccnc2c1. The van der Waals surface area contributed by atoms with Gasteiger partial charge in [-0.15, -0.1) is 0 Å². The highest BCUT2D eigenvalue weighted by Gasteiger charge is 2.07. The first kappa shape index (κ1) is 12.8. The van der Waals surface area contributed by atoms with Crippen molar-refractivity contribution in [2.24, 2.45) is 5.73 Å². The highest BCUT2D eigenvalue weighted by molar-refractivity contribution is 5.78. The largest absolute Gasteiger partial charge is 0.324 e. The normalized spacial score (nSPS) is 12.4. The van der Waals surface area contributed by atoms with Crippen LogP contribution < -0.4 is 5.73 Å². The van der Waals surface area contributed by atoms with Crippen LogP contribution in [0, 0.1) is 0 Å². The van der Waals surface area contributed by atoms with Gasteiger partial charge in [-0.2, -0.15) is 0 Å². The van der Waals surface area contributed by atoms with E-state index in [4.69, 9.17) is 5.73 Å². The van der Waals surface area contributed by atoms with Gasteiger partial charge in [-0.1, -0.05) is 48.5 Å². The van der Waals surface area contributed by atoms with Crippen molar-refractivity contribution in [2.45, 2.75) is 18.9 Å². The molecule has 0 bridgehead atoms. The van der Waals surface area contributed by atoms with Crippen molar-refractivity contribution in [3.05, 3.63) is 78.0 Å². The molecule has 0 amide bonds. The average Bonchev–Trinajstić information content (AvgIpc) is 2.53. The van der Waals surface area contributed by atoms with E-state index in [1.165, 1.54) is 5.56 Å². The number of aryl methyl sites for hydroxylation is 1. The molecule has 100 valence electrons. The number of aromatic nitrogens is 1. The van der Waals surface area contributed by atoms with Gasteiger partial charge < -0.3 is 5.73 Å². The molecule has 3 aromatic rings. The lowest BCUT2D eigenvalue weighted by Gasteiger charge is -2.12. The predicted octanol–water partition coefficient (Wildman–Crippen LogP) is 3.87. The summed E-state index contributed by atoms with van der Waals surface area (Å²) in [5, 5.41) is 1.16. The summed E-state index contributed by atoms with van der Waals surface area (Å²) in [7, 11) is 0. The molecule has 1 atom stereocenters. The lowest BCUT2D eigenvalue weighted by molar-refractivity contribution is 0.652. The Bertz CT molecular complexity index is 692. The van der Waals surface area contributed by atoms with Gasteiger partial charge in [0.15, 0.2) is 0 Å². The summed E-state index contributed by atoms with van der Waals surface area (Å²) in [6.07, 6.45) is 3.77. The number of rotatable bonds is 4. The van der Waals surface area contributed by atoms with Crippen molar-refractivity contribution in [1.29, 1.82) is 0 Å². The summed E-state index contributed by atoms with van der Waals surface area (Å²) in [5.41, 5.74) is 9.81. The van der Waals surface area contributed by atoms with Crippen molar-refractivity contribution in [3.63, 3.8) is 0 Å². The van der Waals surface area contributed by atoms with Gasteiger partial charge in [0.25, 0.3) is 0 Å². The maximum absolute atomic E-state index is 6.31. The molecule has 0 saturated carbocycles. The fourth-order valence-electron chi connectivity index (χ4n) is 2.45. The van der Waals surface area contributed by atoms with Gasteiger partial charge in [-0.25, -0.2) is 0 Å². The van der Waals surface area contributed by atoms with E-state index in [2.05, 4.69) is 53.5 Å². The summed E-state index contributed by atoms with van der Waals surface area (Å²) in [6, 6.07) is 20.9. The van der Waals surface area contributed by atoms with E-state index < -0.39 is 0 Å². The molecule has 0 fully saturated rings. The summed E-state index contributed by atoms with van der Waals surface area (Å²) in [5.74, 6) is 0. The average molecular weight is 262 g/mol. The molecule has 0 saturated heterocycles. The molecule has 0 radical (unpaired) electrons. The Morgan fingerprint density at radius 3 is 2.65 bits per heavy atom. The number of nitrogens with two attached hydrogens (primary N) is 1. The molecule has 2 N–H and O–H groups in total. The van der Waals surface area contributed by atoms with Crippen molar-refractivity contribution in [1.82, 2.24) is 4.98 Å². The van der Waals surface area contributed by atoms with Crippen LogP contribution in [0.2, 0.25) is 0 Å². The van der Waals surface area contributed by atoms with Crippen LogP contribution in [0.1, 0.15) is 23.6 Å². The van der Waals surface area contributed by atoms with Crippen LogP contribution in [0.3, 0.4) is 0 Å². The van der Waals surface area contributed by atoms with Gasteiger partial charge in [0.2, 0.25) is 0 Å². The molecular formula is C18H18N2. The van der Waals surface area contributed by atoms with Crippen LogP contribution in [0.15, 0.2) is 66.9 Å². The van der Waals surface area contributed by atoms with Gasteiger partial charge >= 0.3 is 0 Å². The minimum absolute atomic E-state index is 0.0570. The van der Waals surface area contributed by atoms with Crippen LogP contribution in [0.25, 0.3) is 10.9 Å². The molecule has 2 nitrogen and oxygen atoms in total. The molecule has 1 aromatic heterocycles. The van der Waals surface area contributed by atoms with Gasteiger partial charge in [-0.05, 0) is 36.1 Å². The zero-order chi connectivity index (χ0) is 13.8. The van der Waals surface area contributed by atoms with Crippen LogP contribution in [-0.4, -0.2) is 4.98 Å². The van der Waals surface area contributed by atoms with Gasteiger partial charge in [0.05, 0.1) is 5.52 Å². The van der Waals surface area contributed by atoms with Crippen LogP contribution in [-0.2, 0) is 6.42 Å². The van der Waals surface area contributed by atoms with Gasteiger partial charge in [0.1, 0.15) is 0 Å². The Kier molecular flexibility index (Phi) is 3.75. The van der Waals surface area contributed by atoms with E-state index in [9.17, 15) is 0 Å². The number of fused-ring (bicyclic) bond motifs is 1. The first-order valence-corrected chi connectivity index (χ1v) is 6.97. The molecule has 0 spiro atoms. The van der Waals surface area contributed by atoms with Crippen LogP contribution in [0.4, 0.5) is 0 Å². The topological polar surface area (TPSA) is 38.9 Å². The third kappa shape index (κ3) is 2.86.